The molecule has 2 aromatic heterocycles. The maximum atomic E-state index is 12.5. The Balaban J connectivity index is 0.000000924. The molecule has 1 aliphatic rings. The summed E-state index contributed by atoms with van der Waals surface area (Å²) in [6.07, 6.45) is -0.153. The van der Waals surface area contributed by atoms with Gasteiger partial charge in [0.05, 0.1) is 11.4 Å². The van der Waals surface area contributed by atoms with Gasteiger partial charge < -0.3 is 5.73 Å². The summed E-state index contributed by atoms with van der Waals surface area (Å²) in [5, 5.41) is 0. The second kappa shape index (κ2) is 6.52. The van der Waals surface area contributed by atoms with Crippen LogP contribution in [-0.4, -0.2) is 15.0 Å². The molecule has 124 valence electrons. The fraction of sp³-hybridized carbons (Fsp3) is 0.438. The highest BCUT2D eigenvalue weighted by Gasteiger charge is 2.34. The second-order valence-corrected chi connectivity index (χ2v) is 5.18. The Bertz CT molecular complexity index is 677. The number of hydrogen-bond acceptors (Lipinski definition) is 4. The van der Waals surface area contributed by atoms with E-state index in [1.54, 1.807) is 6.07 Å². The summed E-state index contributed by atoms with van der Waals surface area (Å²) in [6.45, 7) is 5.83. The Morgan fingerprint density at radius 2 is 1.70 bits per heavy atom. The van der Waals surface area contributed by atoms with E-state index in [0.717, 1.165) is 36.6 Å². The summed E-state index contributed by atoms with van der Waals surface area (Å²) in [5.41, 5.74) is 9.32. The van der Waals surface area contributed by atoms with Gasteiger partial charge >= 0.3 is 6.18 Å². The molecular formula is C16H19F3N4. The first-order valence-corrected chi connectivity index (χ1v) is 7.53. The summed E-state index contributed by atoms with van der Waals surface area (Å²) in [5.74, 6) is -0.794. The van der Waals surface area contributed by atoms with Crippen LogP contribution in [0.2, 0.25) is 0 Å². The quantitative estimate of drug-likeness (QED) is 0.892. The first kappa shape index (κ1) is 17.2. The molecular weight excluding hydrogens is 305 g/mol. The van der Waals surface area contributed by atoms with E-state index in [0.29, 0.717) is 22.7 Å². The van der Waals surface area contributed by atoms with Crippen LogP contribution < -0.4 is 5.73 Å². The van der Waals surface area contributed by atoms with Crippen molar-refractivity contribution in [3.05, 3.63) is 35.7 Å². The zero-order valence-corrected chi connectivity index (χ0v) is 13.3. The van der Waals surface area contributed by atoms with Crippen molar-refractivity contribution >= 4 is 5.69 Å². The molecule has 1 fully saturated rings. The monoisotopic (exact) mass is 324 g/mol. The predicted octanol–water partition coefficient (Wildman–Crippen LogP) is 4.35. The number of aromatic nitrogens is 3. The topological polar surface area (TPSA) is 64.7 Å². The Morgan fingerprint density at radius 1 is 1.13 bits per heavy atom. The van der Waals surface area contributed by atoms with E-state index in [9.17, 15) is 13.2 Å². The van der Waals surface area contributed by atoms with Crippen molar-refractivity contribution in [2.24, 2.45) is 0 Å². The van der Waals surface area contributed by atoms with Crippen molar-refractivity contribution < 1.29 is 13.2 Å². The zero-order chi connectivity index (χ0) is 17.2. The highest BCUT2D eigenvalue weighted by Crippen LogP contribution is 2.44. The van der Waals surface area contributed by atoms with Gasteiger partial charge in [0.15, 0.2) is 0 Å². The third kappa shape index (κ3) is 3.78. The van der Waals surface area contributed by atoms with Crippen molar-refractivity contribution in [3.8, 4) is 11.1 Å². The number of nitrogen functional groups attached to an aromatic ring is 1. The van der Waals surface area contributed by atoms with Crippen LogP contribution in [0.15, 0.2) is 18.5 Å². The van der Waals surface area contributed by atoms with Crippen molar-refractivity contribution in [2.45, 2.75) is 45.7 Å². The van der Waals surface area contributed by atoms with Crippen LogP contribution in [0.1, 0.15) is 49.8 Å². The van der Waals surface area contributed by atoms with Gasteiger partial charge in [-0.3, -0.25) is 4.98 Å². The second-order valence-electron chi connectivity index (χ2n) is 5.18. The SMILES string of the molecule is CC.Cc1cc(-c2cnc(C(F)(F)F)nc2)c(N)c(C2CC2)n1. The van der Waals surface area contributed by atoms with Crippen LogP contribution in [0.25, 0.3) is 11.1 Å². The van der Waals surface area contributed by atoms with Crippen LogP contribution >= 0.6 is 0 Å². The van der Waals surface area contributed by atoms with E-state index in [4.69, 9.17) is 5.73 Å². The van der Waals surface area contributed by atoms with E-state index in [1.165, 1.54) is 0 Å². The molecule has 23 heavy (non-hydrogen) atoms. The Morgan fingerprint density at radius 3 is 2.17 bits per heavy atom. The molecule has 4 nitrogen and oxygen atoms in total. The van der Waals surface area contributed by atoms with Gasteiger partial charge in [-0.05, 0) is 25.8 Å². The molecule has 0 unspecified atom stereocenters. The lowest BCUT2D eigenvalue weighted by Gasteiger charge is -2.12. The van der Waals surface area contributed by atoms with E-state index < -0.39 is 12.0 Å². The lowest BCUT2D eigenvalue weighted by Crippen LogP contribution is -2.10. The zero-order valence-electron chi connectivity index (χ0n) is 13.3. The number of anilines is 1. The molecule has 0 aliphatic heterocycles. The predicted molar refractivity (Wildman–Crippen MR) is 82.7 cm³/mol. The first-order valence-electron chi connectivity index (χ1n) is 7.53. The smallest absolute Gasteiger partial charge is 0.397 e. The van der Waals surface area contributed by atoms with Gasteiger partial charge in [-0.15, -0.1) is 0 Å². The summed E-state index contributed by atoms with van der Waals surface area (Å²) < 4.78 is 37.5. The van der Waals surface area contributed by atoms with Gasteiger partial charge in [-0.2, -0.15) is 13.2 Å². The molecule has 0 atom stereocenters. The molecule has 0 aromatic carbocycles. The minimum atomic E-state index is -4.54. The van der Waals surface area contributed by atoms with Crippen LogP contribution in [-0.2, 0) is 6.18 Å². The maximum Gasteiger partial charge on any atom is 0.451 e. The molecule has 2 aromatic rings. The number of halogens is 3. The van der Waals surface area contributed by atoms with E-state index in [1.807, 2.05) is 20.8 Å². The number of nitrogens with zero attached hydrogens (tertiary/aromatic N) is 3. The first-order chi connectivity index (χ1) is 10.9. The highest BCUT2D eigenvalue weighted by molar-refractivity contribution is 5.77. The van der Waals surface area contributed by atoms with Gasteiger partial charge in [0, 0.05) is 35.1 Å². The fourth-order valence-electron chi connectivity index (χ4n) is 2.23. The molecule has 3 rings (SSSR count). The highest BCUT2D eigenvalue weighted by atomic mass is 19.4. The Labute approximate surface area is 133 Å². The summed E-state index contributed by atoms with van der Waals surface area (Å²) in [7, 11) is 0. The van der Waals surface area contributed by atoms with E-state index in [2.05, 4.69) is 15.0 Å². The third-order valence-electron chi connectivity index (χ3n) is 3.40. The molecule has 1 saturated carbocycles. The molecule has 0 radical (unpaired) electrons. The van der Waals surface area contributed by atoms with Crippen molar-refractivity contribution in [1.29, 1.82) is 0 Å². The molecule has 2 N–H and O–H groups in total. The molecule has 2 heterocycles. The van der Waals surface area contributed by atoms with Crippen LogP contribution in [0.4, 0.5) is 18.9 Å². The van der Waals surface area contributed by atoms with E-state index in [-0.39, 0.29) is 0 Å². The standard InChI is InChI=1S/C14H13F3N4.C2H6/c1-7-4-10(11(18)12(21-7)8-2-3-8)9-5-19-13(20-6-9)14(15,16)17;1-2/h4-6,8H,2-3,18H2,1H3;1-2H3. The fourth-order valence-corrected chi connectivity index (χ4v) is 2.23. The molecule has 0 bridgehead atoms. The van der Waals surface area contributed by atoms with Gasteiger partial charge in [-0.1, -0.05) is 13.8 Å². The average molecular weight is 324 g/mol. The summed E-state index contributed by atoms with van der Waals surface area (Å²) in [6, 6.07) is 1.74. The van der Waals surface area contributed by atoms with Gasteiger partial charge in [0.1, 0.15) is 0 Å². The Hall–Kier alpha value is -2.18. The number of nitrogens with two attached hydrogens (primary N) is 1. The van der Waals surface area contributed by atoms with Crippen molar-refractivity contribution in [3.63, 3.8) is 0 Å². The largest absolute Gasteiger partial charge is 0.451 e. The number of rotatable bonds is 2. The number of hydrogen-bond donors (Lipinski definition) is 1. The van der Waals surface area contributed by atoms with Gasteiger partial charge in [0.2, 0.25) is 5.82 Å². The molecule has 1 aliphatic carbocycles. The number of alkyl halides is 3. The average Bonchev–Trinajstić information content (AvgIpc) is 3.35. The van der Waals surface area contributed by atoms with Crippen molar-refractivity contribution in [2.75, 3.05) is 5.73 Å². The molecule has 0 spiro atoms. The van der Waals surface area contributed by atoms with Crippen molar-refractivity contribution in [1.82, 2.24) is 15.0 Å². The minimum absolute atomic E-state index is 0.360. The van der Waals surface area contributed by atoms with Gasteiger partial charge in [-0.25, -0.2) is 9.97 Å². The van der Waals surface area contributed by atoms with Crippen LogP contribution in [0.3, 0.4) is 0 Å². The van der Waals surface area contributed by atoms with Gasteiger partial charge in [0.25, 0.3) is 0 Å². The minimum Gasteiger partial charge on any atom is -0.397 e. The summed E-state index contributed by atoms with van der Waals surface area (Å²) in [4.78, 5) is 11.2. The molecule has 0 amide bonds. The molecule has 0 saturated heterocycles. The maximum absolute atomic E-state index is 12.5. The summed E-state index contributed by atoms with van der Waals surface area (Å²) >= 11 is 0. The number of pyridine rings is 1. The molecule has 7 heteroatoms. The van der Waals surface area contributed by atoms with Crippen LogP contribution in [0.5, 0.6) is 0 Å². The van der Waals surface area contributed by atoms with Crippen LogP contribution in [0, 0.1) is 6.92 Å². The lowest BCUT2D eigenvalue weighted by molar-refractivity contribution is -0.144. The number of aryl methyl sites for hydroxylation is 1. The Kier molecular flexibility index (Phi) is 4.87. The third-order valence-corrected chi connectivity index (χ3v) is 3.40. The van der Waals surface area contributed by atoms with E-state index >= 15 is 0 Å². The lowest BCUT2D eigenvalue weighted by atomic mass is 10.0. The normalized spacial score (nSPS) is 14.2.